The maximum atomic E-state index is 12.3. The van der Waals surface area contributed by atoms with Crippen LogP contribution in [0.15, 0.2) is 65.1 Å². The van der Waals surface area contributed by atoms with Crippen molar-refractivity contribution in [1.29, 1.82) is 0 Å². The lowest BCUT2D eigenvalue weighted by molar-refractivity contribution is -0.384. The number of nitro groups is 1. The fourth-order valence-electron chi connectivity index (χ4n) is 2.40. The zero-order chi connectivity index (χ0) is 23.1. The number of carbonyl (C=O) groups excluding carboxylic acids is 2. The lowest BCUT2D eigenvalue weighted by Gasteiger charge is -2.10. The van der Waals surface area contributed by atoms with E-state index in [1.54, 1.807) is 30.3 Å². The number of ether oxygens (including phenoxy) is 1. The molecule has 0 radical (unpaired) electrons. The van der Waals surface area contributed by atoms with Gasteiger partial charge in [0.05, 0.1) is 4.92 Å². The van der Waals surface area contributed by atoms with Crippen molar-refractivity contribution < 1.29 is 23.7 Å². The molecule has 1 aromatic heterocycles. The van der Waals surface area contributed by atoms with Crippen molar-refractivity contribution in [1.82, 2.24) is 16.2 Å². The number of hydrogen-bond donors (Lipinski definition) is 3. The van der Waals surface area contributed by atoms with Crippen LogP contribution in [0.1, 0.15) is 10.6 Å². The van der Waals surface area contributed by atoms with Gasteiger partial charge in [0.2, 0.25) is 0 Å². The normalized spacial score (nSPS) is 10.2. The van der Waals surface area contributed by atoms with Crippen LogP contribution in [0.5, 0.6) is 5.75 Å². The maximum Gasteiger partial charge on any atom is 0.293 e. The average molecular weight is 475 g/mol. The van der Waals surface area contributed by atoms with Gasteiger partial charge >= 0.3 is 0 Å². The highest BCUT2D eigenvalue weighted by atomic mass is 35.5. The minimum absolute atomic E-state index is 0.0418. The second-order valence-electron chi connectivity index (χ2n) is 6.17. The van der Waals surface area contributed by atoms with Crippen molar-refractivity contribution >= 4 is 46.4 Å². The fraction of sp³-hybridized carbons (Fsp3) is 0.0500. The zero-order valence-electron chi connectivity index (χ0n) is 16.2. The van der Waals surface area contributed by atoms with E-state index in [1.807, 2.05) is 0 Å². The molecule has 2 amide bonds. The highest BCUT2D eigenvalue weighted by molar-refractivity contribution is 7.80. The molecule has 0 bridgehead atoms. The van der Waals surface area contributed by atoms with Crippen LogP contribution in [0.2, 0.25) is 5.02 Å². The van der Waals surface area contributed by atoms with Crippen LogP contribution < -0.4 is 20.9 Å². The van der Waals surface area contributed by atoms with Crippen LogP contribution in [0.25, 0.3) is 11.3 Å². The molecule has 3 rings (SSSR count). The van der Waals surface area contributed by atoms with E-state index in [2.05, 4.69) is 16.2 Å². The monoisotopic (exact) mass is 474 g/mol. The fourth-order valence-corrected chi connectivity index (χ4v) is 2.67. The summed E-state index contributed by atoms with van der Waals surface area (Å²) in [6.07, 6.45) is 0. The number of hydrazine groups is 1. The summed E-state index contributed by atoms with van der Waals surface area (Å²) in [5, 5.41) is 13.5. The van der Waals surface area contributed by atoms with E-state index >= 15 is 0 Å². The van der Waals surface area contributed by atoms with E-state index in [-0.39, 0.29) is 23.2 Å². The second kappa shape index (κ2) is 10.4. The standard InChI is InChI=1S/C20H15ClN4O6S/c21-13-3-7-15(8-4-13)30-11-18(26)23-24-20(32)22-19(27)17-10-9-16(31-17)12-1-5-14(6-2-12)25(28)29/h1-10H,11H2,(H,23,26)(H2,22,24,27,32). The largest absolute Gasteiger partial charge is 0.484 e. The molecule has 0 aliphatic rings. The summed E-state index contributed by atoms with van der Waals surface area (Å²) < 4.78 is 10.7. The van der Waals surface area contributed by atoms with E-state index in [0.29, 0.717) is 22.1 Å². The molecule has 0 aliphatic carbocycles. The van der Waals surface area contributed by atoms with Crippen molar-refractivity contribution in [3.8, 4) is 17.1 Å². The molecule has 32 heavy (non-hydrogen) atoms. The molecule has 0 spiro atoms. The number of carbonyl (C=O) groups is 2. The van der Waals surface area contributed by atoms with Crippen molar-refractivity contribution in [3.63, 3.8) is 0 Å². The van der Waals surface area contributed by atoms with Gasteiger partial charge in [0.15, 0.2) is 17.5 Å². The smallest absolute Gasteiger partial charge is 0.293 e. The van der Waals surface area contributed by atoms with Crippen LogP contribution >= 0.6 is 23.8 Å². The number of non-ortho nitro benzene ring substituents is 1. The zero-order valence-corrected chi connectivity index (χ0v) is 17.7. The number of nitro benzene ring substituents is 1. The minimum atomic E-state index is -0.651. The maximum absolute atomic E-state index is 12.3. The highest BCUT2D eigenvalue weighted by Gasteiger charge is 2.15. The first-order valence-corrected chi connectivity index (χ1v) is 9.73. The van der Waals surface area contributed by atoms with E-state index < -0.39 is 16.7 Å². The highest BCUT2D eigenvalue weighted by Crippen LogP contribution is 2.24. The molecule has 1 heterocycles. The molecule has 10 nitrogen and oxygen atoms in total. The molecule has 0 fully saturated rings. The lowest BCUT2D eigenvalue weighted by atomic mass is 10.1. The van der Waals surface area contributed by atoms with Crippen LogP contribution in [-0.4, -0.2) is 28.5 Å². The second-order valence-corrected chi connectivity index (χ2v) is 7.01. The Labute approximate surface area is 191 Å². The predicted octanol–water partition coefficient (Wildman–Crippen LogP) is 3.22. The Morgan fingerprint density at radius 2 is 1.72 bits per heavy atom. The number of amides is 2. The van der Waals surface area contributed by atoms with Gasteiger partial charge in [-0.15, -0.1) is 0 Å². The van der Waals surface area contributed by atoms with Gasteiger partial charge in [0.1, 0.15) is 11.5 Å². The van der Waals surface area contributed by atoms with Crippen LogP contribution in [0, 0.1) is 10.1 Å². The summed E-state index contributed by atoms with van der Waals surface area (Å²) in [7, 11) is 0. The van der Waals surface area contributed by atoms with Gasteiger partial charge in [-0.05, 0) is 60.7 Å². The first kappa shape index (κ1) is 22.7. The van der Waals surface area contributed by atoms with E-state index in [9.17, 15) is 19.7 Å². The summed E-state index contributed by atoms with van der Waals surface area (Å²) in [6.45, 7) is -0.290. The summed E-state index contributed by atoms with van der Waals surface area (Å²) in [5.74, 6) is -0.420. The average Bonchev–Trinajstić information content (AvgIpc) is 3.28. The lowest BCUT2D eigenvalue weighted by Crippen LogP contribution is -2.49. The molecule has 0 atom stereocenters. The molecule has 0 saturated carbocycles. The summed E-state index contributed by atoms with van der Waals surface area (Å²) in [6, 6.07) is 15.1. The van der Waals surface area contributed by atoms with Crippen molar-refractivity contribution in [3.05, 3.63) is 81.6 Å². The molecule has 0 aliphatic heterocycles. The molecule has 164 valence electrons. The summed E-state index contributed by atoms with van der Waals surface area (Å²) >= 11 is 10.7. The third-order valence-electron chi connectivity index (χ3n) is 3.92. The molecule has 3 N–H and O–H groups in total. The Morgan fingerprint density at radius 1 is 1.03 bits per heavy atom. The topological polar surface area (TPSA) is 136 Å². The Morgan fingerprint density at radius 3 is 2.38 bits per heavy atom. The Bertz CT molecular complexity index is 1150. The third-order valence-corrected chi connectivity index (χ3v) is 4.37. The van der Waals surface area contributed by atoms with Crippen molar-refractivity contribution in [2.45, 2.75) is 0 Å². The van der Waals surface area contributed by atoms with Gasteiger partial charge in [-0.1, -0.05) is 11.6 Å². The molecule has 0 unspecified atom stereocenters. The van der Waals surface area contributed by atoms with Crippen LogP contribution in [0.3, 0.4) is 0 Å². The molecular formula is C20H15ClN4O6S. The van der Waals surface area contributed by atoms with Gasteiger partial charge in [0.25, 0.3) is 17.5 Å². The predicted molar refractivity (Wildman–Crippen MR) is 119 cm³/mol. The van der Waals surface area contributed by atoms with E-state index in [4.69, 9.17) is 33.0 Å². The van der Waals surface area contributed by atoms with E-state index in [0.717, 1.165) is 0 Å². The first-order chi connectivity index (χ1) is 15.3. The van der Waals surface area contributed by atoms with Gasteiger partial charge in [-0.3, -0.25) is 35.9 Å². The van der Waals surface area contributed by atoms with Crippen molar-refractivity contribution in [2.75, 3.05) is 6.61 Å². The van der Waals surface area contributed by atoms with Gasteiger partial charge in [-0.2, -0.15) is 0 Å². The number of nitrogens with zero attached hydrogens (tertiary/aromatic N) is 1. The third kappa shape index (κ3) is 6.27. The number of benzene rings is 2. The Balaban J connectivity index is 1.46. The minimum Gasteiger partial charge on any atom is -0.484 e. The van der Waals surface area contributed by atoms with Gasteiger partial charge < -0.3 is 9.15 Å². The number of thiocarbonyl (C=S) groups is 1. The van der Waals surface area contributed by atoms with E-state index in [1.165, 1.54) is 30.3 Å². The number of hydrogen-bond acceptors (Lipinski definition) is 7. The number of furan rings is 1. The summed E-state index contributed by atoms with van der Waals surface area (Å²) in [4.78, 5) is 34.3. The van der Waals surface area contributed by atoms with Gasteiger partial charge in [0, 0.05) is 22.7 Å². The molecule has 3 aromatic rings. The SMILES string of the molecule is O=C(COc1ccc(Cl)cc1)NNC(=S)NC(=O)c1ccc(-c2ccc([N+](=O)[O-])cc2)o1. The first-order valence-electron chi connectivity index (χ1n) is 8.95. The molecule has 0 saturated heterocycles. The van der Waals surface area contributed by atoms with Crippen molar-refractivity contribution in [2.24, 2.45) is 0 Å². The van der Waals surface area contributed by atoms with Crippen LogP contribution in [0.4, 0.5) is 5.69 Å². The molecule has 12 heteroatoms. The number of halogens is 1. The molecule has 2 aromatic carbocycles. The number of nitrogens with one attached hydrogen (secondary N) is 3. The Hall–Kier alpha value is -3.96. The quantitative estimate of drug-likeness (QED) is 0.281. The number of rotatable bonds is 6. The Kier molecular flexibility index (Phi) is 7.37. The molecular weight excluding hydrogens is 460 g/mol. The van der Waals surface area contributed by atoms with Gasteiger partial charge in [-0.25, -0.2) is 0 Å². The van der Waals surface area contributed by atoms with Crippen LogP contribution in [-0.2, 0) is 4.79 Å². The summed E-state index contributed by atoms with van der Waals surface area (Å²) in [5.41, 5.74) is 5.16.